The van der Waals surface area contributed by atoms with Crippen molar-refractivity contribution in [1.29, 1.82) is 0 Å². The number of benzene rings is 1. The Hall–Kier alpha value is -2.26. The van der Waals surface area contributed by atoms with Gasteiger partial charge < -0.3 is 12.4 Å². The van der Waals surface area contributed by atoms with Gasteiger partial charge in [0.05, 0.1) is 11.6 Å². The Morgan fingerprint density at radius 3 is 2.33 bits per heavy atom. The predicted octanol–water partition coefficient (Wildman–Crippen LogP) is -0.157. The normalized spacial score (nSPS) is 10.2. The highest BCUT2D eigenvalue weighted by atomic mass is 35.5. The van der Waals surface area contributed by atoms with E-state index in [-0.39, 0.29) is 24.0 Å². The summed E-state index contributed by atoms with van der Waals surface area (Å²) in [6.07, 6.45) is 6.62. The van der Waals surface area contributed by atoms with Crippen LogP contribution in [-0.4, -0.2) is 11.6 Å². The van der Waals surface area contributed by atoms with Crippen molar-refractivity contribution in [2.24, 2.45) is 0 Å². The first-order chi connectivity index (χ1) is 9.56. The molecule has 0 aliphatic carbocycles. The van der Waals surface area contributed by atoms with Gasteiger partial charge in [-0.15, -0.1) is 0 Å². The Morgan fingerprint density at radius 2 is 1.71 bits per heavy atom. The van der Waals surface area contributed by atoms with Crippen molar-refractivity contribution in [1.82, 2.24) is 0 Å². The molecular formula is C17H16ClNO2. The summed E-state index contributed by atoms with van der Waals surface area (Å²) in [5.74, 6) is -0.0664. The minimum Gasteiger partial charge on any atom is -1.00 e. The van der Waals surface area contributed by atoms with Crippen LogP contribution >= 0.6 is 0 Å². The average Bonchev–Trinajstić information content (AvgIpc) is 2.46. The molecule has 0 saturated carbocycles. The molecule has 1 heterocycles. The van der Waals surface area contributed by atoms with Crippen LogP contribution in [0.1, 0.15) is 33.2 Å². The molecule has 21 heavy (non-hydrogen) atoms. The van der Waals surface area contributed by atoms with E-state index >= 15 is 0 Å². The molecule has 2 rings (SSSR count). The molecule has 0 bridgehead atoms. The number of halogens is 1. The van der Waals surface area contributed by atoms with Crippen LogP contribution in [0.2, 0.25) is 0 Å². The lowest BCUT2D eigenvalue weighted by Crippen LogP contribution is -3.00. The maximum absolute atomic E-state index is 12.0. The summed E-state index contributed by atoms with van der Waals surface area (Å²) in [4.78, 5) is 23.3. The molecule has 0 unspecified atom stereocenters. The molecule has 0 spiro atoms. The quantitative estimate of drug-likeness (QED) is 0.447. The van der Waals surface area contributed by atoms with Crippen LogP contribution < -0.4 is 17.0 Å². The molecule has 108 valence electrons. The molecule has 0 N–H and O–H groups in total. The van der Waals surface area contributed by atoms with Gasteiger partial charge in [0.2, 0.25) is 0 Å². The summed E-state index contributed by atoms with van der Waals surface area (Å²) in [7, 11) is 0. The summed E-state index contributed by atoms with van der Waals surface area (Å²) < 4.78 is 1.70. The van der Waals surface area contributed by atoms with Crippen LogP contribution in [-0.2, 0) is 0 Å². The number of allylic oxidation sites excluding steroid dienone is 1. The highest BCUT2D eigenvalue weighted by Crippen LogP contribution is 2.04. The largest absolute Gasteiger partial charge is 1.00 e. The van der Waals surface area contributed by atoms with Gasteiger partial charge >= 0.3 is 0 Å². The van der Waals surface area contributed by atoms with E-state index in [9.17, 15) is 9.59 Å². The fourth-order valence-electron chi connectivity index (χ4n) is 1.76. The zero-order valence-electron chi connectivity index (χ0n) is 11.9. The lowest BCUT2D eigenvalue weighted by molar-refractivity contribution is -0.568. The number of aryl methyl sites for hydroxylation is 1. The van der Waals surface area contributed by atoms with Crippen LogP contribution in [0.4, 0.5) is 0 Å². The molecule has 0 aliphatic heterocycles. The SMILES string of the molecule is CC(=O)c1ccc[n+](/C=C/C(=O)c2ccc(C)cc2)c1.[Cl-]. The van der Waals surface area contributed by atoms with Crippen LogP contribution in [0.25, 0.3) is 6.20 Å². The van der Waals surface area contributed by atoms with Gasteiger partial charge in [0, 0.05) is 11.6 Å². The van der Waals surface area contributed by atoms with Crippen molar-refractivity contribution in [3.8, 4) is 0 Å². The van der Waals surface area contributed by atoms with Gasteiger partial charge in [-0.25, -0.2) is 0 Å². The molecule has 0 atom stereocenters. The van der Waals surface area contributed by atoms with Crippen molar-refractivity contribution in [2.45, 2.75) is 13.8 Å². The van der Waals surface area contributed by atoms with Gasteiger partial charge in [-0.3, -0.25) is 9.59 Å². The number of pyridine rings is 1. The summed E-state index contributed by atoms with van der Waals surface area (Å²) in [6, 6.07) is 10.9. The molecule has 2 aromatic rings. The molecule has 0 saturated heterocycles. The standard InChI is InChI=1S/C17H16NO2.ClH/c1-13-5-7-15(8-6-13)17(20)9-11-18-10-3-4-16(12-18)14(2)19;/h3-12H,1-2H3;1H/q+1;/p-1/b11-9+;. The van der Waals surface area contributed by atoms with Crippen LogP contribution in [0.15, 0.2) is 54.9 Å². The number of hydrogen-bond acceptors (Lipinski definition) is 2. The van der Waals surface area contributed by atoms with Gasteiger partial charge in [0.15, 0.2) is 30.2 Å². The first-order valence-electron chi connectivity index (χ1n) is 6.37. The maximum atomic E-state index is 12.0. The molecular weight excluding hydrogens is 286 g/mol. The summed E-state index contributed by atoms with van der Waals surface area (Å²) in [6.45, 7) is 3.49. The lowest BCUT2D eigenvalue weighted by Gasteiger charge is -1.96. The van der Waals surface area contributed by atoms with E-state index in [1.165, 1.54) is 13.0 Å². The average molecular weight is 302 g/mol. The fourth-order valence-corrected chi connectivity index (χ4v) is 1.76. The molecule has 1 aromatic carbocycles. The van der Waals surface area contributed by atoms with E-state index in [1.807, 2.05) is 19.1 Å². The van der Waals surface area contributed by atoms with Crippen molar-refractivity contribution >= 4 is 17.8 Å². The van der Waals surface area contributed by atoms with E-state index in [0.29, 0.717) is 11.1 Å². The van der Waals surface area contributed by atoms with Crippen LogP contribution in [0.3, 0.4) is 0 Å². The zero-order valence-corrected chi connectivity index (χ0v) is 12.7. The van der Waals surface area contributed by atoms with Crippen molar-refractivity contribution in [2.75, 3.05) is 0 Å². The third-order valence-electron chi connectivity index (χ3n) is 2.96. The number of carbonyl (C=O) groups excluding carboxylic acids is 2. The fraction of sp³-hybridized carbons (Fsp3) is 0.118. The first kappa shape index (κ1) is 16.8. The zero-order chi connectivity index (χ0) is 14.5. The van der Waals surface area contributed by atoms with Gasteiger partial charge in [-0.2, -0.15) is 4.57 Å². The number of carbonyl (C=O) groups is 2. The van der Waals surface area contributed by atoms with Crippen molar-refractivity contribution in [3.05, 3.63) is 71.6 Å². The van der Waals surface area contributed by atoms with Crippen LogP contribution in [0, 0.1) is 6.92 Å². The predicted molar refractivity (Wildman–Crippen MR) is 77.5 cm³/mol. The number of hydrogen-bond donors (Lipinski definition) is 0. The Kier molecular flexibility index (Phi) is 6.00. The minimum absolute atomic E-state index is 0. The monoisotopic (exact) mass is 301 g/mol. The molecule has 1 aromatic heterocycles. The van der Waals surface area contributed by atoms with Gasteiger partial charge in [-0.1, -0.05) is 29.8 Å². The maximum Gasteiger partial charge on any atom is 0.191 e. The number of ketones is 2. The second-order valence-corrected chi connectivity index (χ2v) is 4.64. The topological polar surface area (TPSA) is 38.0 Å². The first-order valence-corrected chi connectivity index (χ1v) is 6.37. The third kappa shape index (κ3) is 4.65. The number of rotatable bonds is 4. The second-order valence-electron chi connectivity index (χ2n) is 4.64. The Morgan fingerprint density at radius 1 is 1.05 bits per heavy atom. The van der Waals surface area contributed by atoms with Gasteiger partial charge in [0.25, 0.3) is 0 Å². The summed E-state index contributed by atoms with van der Waals surface area (Å²) in [5, 5.41) is 0. The molecule has 0 fully saturated rings. The summed E-state index contributed by atoms with van der Waals surface area (Å²) >= 11 is 0. The number of nitrogens with zero attached hydrogens (tertiary/aromatic N) is 1. The van der Waals surface area contributed by atoms with Crippen molar-refractivity contribution in [3.63, 3.8) is 0 Å². The minimum atomic E-state index is -0.0641. The molecule has 0 radical (unpaired) electrons. The van der Waals surface area contributed by atoms with Gasteiger partial charge in [0.1, 0.15) is 0 Å². The third-order valence-corrected chi connectivity index (χ3v) is 2.96. The highest BCUT2D eigenvalue weighted by molar-refractivity contribution is 6.05. The van der Waals surface area contributed by atoms with E-state index < -0.39 is 0 Å². The van der Waals surface area contributed by atoms with Crippen LogP contribution in [0.5, 0.6) is 0 Å². The molecule has 0 aliphatic rings. The van der Waals surface area contributed by atoms with E-state index in [0.717, 1.165) is 5.56 Å². The number of aromatic nitrogens is 1. The second kappa shape index (κ2) is 7.50. The van der Waals surface area contributed by atoms with E-state index in [2.05, 4.69) is 0 Å². The lowest BCUT2D eigenvalue weighted by atomic mass is 10.1. The highest BCUT2D eigenvalue weighted by Gasteiger charge is 2.06. The number of Topliss-reactive ketones (excluding diaryl/α,β-unsaturated/α-hetero) is 1. The molecule has 0 amide bonds. The molecule has 4 heteroatoms. The summed E-state index contributed by atoms with van der Waals surface area (Å²) in [5.41, 5.74) is 2.38. The van der Waals surface area contributed by atoms with Crippen molar-refractivity contribution < 1.29 is 26.6 Å². The Balaban J connectivity index is 0.00000220. The Labute approximate surface area is 130 Å². The van der Waals surface area contributed by atoms with E-state index in [4.69, 9.17) is 0 Å². The van der Waals surface area contributed by atoms with E-state index in [1.54, 1.807) is 47.4 Å². The smallest absolute Gasteiger partial charge is 0.191 e. The Bertz CT molecular complexity index is 675. The van der Waals surface area contributed by atoms with Gasteiger partial charge in [-0.05, 0) is 19.9 Å². The molecule has 3 nitrogen and oxygen atoms in total.